The molecule has 1 fully saturated rings. The van der Waals surface area contributed by atoms with Crippen LogP contribution in [-0.2, 0) is 6.54 Å². The number of urea groups is 1. The summed E-state index contributed by atoms with van der Waals surface area (Å²) in [5.74, 6) is 0.323. The molecule has 4 nitrogen and oxygen atoms in total. The maximum atomic E-state index is 12.3. The van der Waals surface area contributed by atoms with Crippen LogP contribution in [-0.4, -0.2) is 41.5 Å². The van der Waals surface area contributed by atoms with Gasteiger partial charge in [-0.05, 0) is 56.1 Å². The number of amides is 2. The van der Waals surface area contributed by atoms with Gasteiger partial charge in [-0.2, -0.15) is 0 Å². The molecule has 0 spiro atoms. The summed E-state index contributed by atoms with van der Waals surface area (Å²) >= 11 is 1.71. The van der Waals surface area contributed by atoms with Gasteiger partial charge in [0.25, 0.3) is 0 Å². The van der Waals surface area contributed by atoms with Gasteiger partial charge in [-0.1, -0.05) is 12.1 Å². The molecule has 2 N–H and O–H groups in total. The van der Waals surface area contributed by atoms with Crippen molar-refractivity contribution in [1.82, 2.24) is 10.2 Å². The van der Waals surface area contributed by atoms with E-state index in [1.165, 1.54) is 10.5 Å². The van der Waals surface area contributed by atoms with Crippen LogP contribution < -0.4 is 5.32 Å². The van der Waals surface area contributed by atoms with E-state index < -0.39 is 0 Å². The van der Waals surface area contributed by atoms with Gasteiger partial charge in [-0.3, -0.25) is 0 Å². The van der Waals surface area contributed by atoms with E-state index >= 15 is 0 Å². The maximum absolute atomic E-state index is 12.3. The number of hydrogen-bond acceptors (Lipinski definition) is 3. The average molecular weight is 322 g/mol. The molecular weight excluding hydrogens is 296 g/mol. The number of nitrogens with zero attached hydrogens (tertiary/aromatic N) is 1. The molecule has 1 atom stereocenters. The lowest BCUT2D eigenvalue weighted by molar-refractivity contribution is 0.0798. The van der Waals surface area contributed by atoms with Crippen molar-refractivity contribution in [3.63, 3.8) is 0 Å². The van der Waals surface area contributed by atoms with Crippen LogP contribution in [0.1, 0.15) is 30.9 Å². The number of aliphatic hydroxyl groups is 1. The van der Waals surface area contributed by atoms with Crippen molar-refractivity contribution in [1.29, 1.82) is 0 Å². The van der Waals surface area contributed by atoms with E-state index in [1.807, 2.05) is 11.8 Å². The van der Waals surface area contributed by atoms with Crippen LogP contribution in [0.2, 0.25) is 0 Å². The first-order valence-electron chi connectivity index (χ1n) is 7.85. The first-order chi connectivity index (χ1) is 10.5. The Morgan fingerprint density at radius 1 is 1.45 bits per heavy atom. The summed E-state index contributed by atoms with van der Waals surface area (Å²) in [6, 6.07) is 6.31. The third-order valence-corrected chi connectivity index (χ3v) is 5.20. The normalized spacial score (nSPS) is 17.4. The summed E-state index contributed by atoms with van der Waals surface area (Å²) in [5, 5.41) is 12.6. The summed E-state index contributed by atoms with van der Waals surface area (Å²) in [5.41, 5.74) is 2.39. The van der Waals surface area contributed by atoms with Crippen molar-refractivity contribution >= 4 is 17.8 Å². The van der Waals surface area contributed by atoms with Crippen molar-refractivity contribution in [2.24, 2.45) is 5.92 Å². The van der Waals surface area contributed by atoms with Gasteiger partial charge in [0.05, 0.1) is 6.10 Å². The average Bonchev–Trinajstić information content (AvgIpc) is 2.53. The van der Waals surface area contributed by atoms with Crippen LogP contribution in [0.15, 0.2) is 23.1 Å². The Balaban J connectivity index is 1.86. The van der Waals surface area contributed by atoms with Crippen LogP contribution >= 0.6 is 11.8 Å². The number of aliphatic hydroxyl groups excluding tert-OH is 1. The SMILES string of the molecule is CSc1cc(C)ccc1CNC(=O)N1CCC(C(C)O)CC1. The molecule has 0 radical (unpaired) electrons. The van der Waals surface area contributed by atoms with E-state index in [0.29, 0.717) is 12.5 Å². The van der Waals surface area contributed by atoms with Crippen molar-refractivity contribution in [3.05, 3.63) is 29.3 Å². The zero-order chi connectivity index (χ0) is 16.1. The monoisotopic (exact) mass is 322 g/mol. The Labute approximate surface area is 137 Å². The molecule has 1 aromatic carbocycles. The fourth-order valence-corrected chi connectivity index (χ4v) is 3.57. The highest BCUT2D eigenvalue weighted by Crippen LogP contribution is 2.23. The van der Waals surface area contributed by atoms with Gasteiger partial charge in [0.1, 0.15) is 0 Å². The molecule has 0 saturated carbocycles. The van der Waals surface area contributed by atoms with Crippen LogP contribution in [0.5, 0.6) is 0 Å². The predicted octanol–water partition coefficient (Wildman–Crippen LogP) is 3.02. The second kappa shape index (κ2) is 7.88. The van der Waals surface area contributed by atoms with Gasteiger partial charge in [-0.15, -0.1) is 11.8 Å². The molecule has 0 bridgehead atoms. The van der Waals surface area contributed by atoms with Gasteiger partial charge in [0, 0.05) is 24.5 Å². The zero-order valence-electron chi connectivity index (χ0n) is 13.6. The molecule has 0 aromatic heterocycles. The largest absolute Gasteiger partial charge is 0.393 e. The topological polar surface area (TPSA) is 52.6 Å². The van der Waals surface area contributed by atoms with Gasteiger partial charge in [0.15, 0.2) is 0 Å². The van der Waals surface area contributed by atoms with Gasteiger partial charge >= 0.3 is 6.03 Å². The molecule has 0 aliphatic carbocycles. The Morgan fingerprint density at radius 2 is 2.14 bits per heavy atom. The van der Waals surface area contributed by atoms with Crippen molar-refractivity contribution in [2.45, 2.75) is 44.2 Å². The van der Waals surface area contributed by atoms with E-state index in [1.54, 1.807) is 11.8 Å². The minimum Gasteiger partial charge on any atom is -0.393 e. The molecule has 122 valence electrons. The Hall–Kier alpha value is -1.20. The molecule has 1 aliphatic heterocycles. The van der Waals surface area contributed by atoms with E-state index in [9.17, 15) is 9.90 Å². The van der Waals surface area contributed by atoms with E-state index in [4.69, 9.17) is 0 Å². The highest BCUT2D eigenvalue weighted by Gasteiger charge is 2.25. The van der Waals surface area contributed by atoms with E-state index in [2.05, 4.69) is 36.7 Å². The first-order valence-corrected chi connectivity index (χ1v) is 9.08. The van der Waals surface area contributed by atoms with Gasteiger partial charge < -0.3 is 15.3 Å². The quantitative estimate of drug-likeness (QED) is 0.838. The van der Waals surface area contributed by atoms with Crippen molar-refractivity contribution < 1.29 is 9.90 Å². The fraction of sp³-hybridized carbons (Fsp3) is 0.588. The number of carbonyl (C=O) groups is 1. The molecule has 2 amide bonds. The lowest BCUT2D eigenvalue weighted by Crippen LogP contribution is -2.45. The molecule has 1 aliphatic rings. The summed E-state index contributed by atoms with van der Waals surface area (Å²) in [4.78, 5) is 15.3. The molecule has 1 aromatic rings. The van der Waals surface area contributed by atoms with Crippen LogP contribution in [0.4, 0.5) is 4.79 Å². The lowest BCUT2D eigenvalue weighted by Gasteiger charge is -2.33. The number of piperidine rings is 1. The number of hydrogen-bond donors (Lipinski definition) is 2. The number of aryl methyl sites for hydroxylation is 1. The van der Waals surface area contributed by atoms with Gasteiger partial charge in [-0.25, -0.2) is 4.79 Å². The van der Waals surface area contributed by atoms with E-state index in [-0.39, 0.29) is 12.1 Å². The molecule has 2 rings (SSSR count). The third kappa shape index (κ3) is 4.40. The second-order valence-corrected chi connectivity index (χ2v) is 6.89. The summed E-state index contributed by atoms with van der Waals surface area (Å²) < 4.78 is 0. The van der Waals surface area contributed by atoms with Crippen LogP contribution in [0, 0.1) is 12.8 Å². The van der Waals surface area contributed by atoms with E-state index in [0.717, 1.165) is 31.5 Å². The number of nitrogens with one attached hydrogen (secondary N) is 1. The van der Waals surface area contributed by atoms with Crippen molar-refractivity contribution in [2.75, 3.05) is 19.3 Å². The minimum absolute atomic E-state index is 0.00308. The van der Waals surface area contributed by atoms with Gasteiger partial charge in [0.2, 0.25) is 0 Å². The number of likely N-dealkylation sites (tertiary alicyclic amines) is 1. The molecule has 1 heterocycles. The maximum Gasteiger partial charge on any atom is 0.317 e. The fourth-order valence-electron chi connectivity index (χ4n) is 2.87. The highest BCUT2D eigenvalue weighted by molar-refractivity contribution is 7.98. The summed E-state index contributed by atoms with van der Waals surface area (Å²) in [6.45, 7) is 5.93. The Bertz CT molecular complexity index is 511. The molecular formula is C17H26N2O2S. The smallest absolute Gasteiger partial charge is 0.317 e. The van der Waals surface area contributed by atoms with Crippen molar-refractivity contribution in [3.8, 4) is 0 Å². The lowest BCUT2D eigenvalue weighted by atomic mass is 9.92. The molecule has 1 saturated heterocycles. The molecule has 22 heavy (non-hydrogen) atoms. The number of carbonyl (C=O) groups excluding carboxylic acids is 1. The molecule has 1 unspecified atom stereocenters. The van der Waals surface area contributed by atoms with Crippen LogP contribution in [0.25, 0.3) is 0 Å². The first kappa shape index (κ1) is 17.2. The number of rotatable bonds is 4. The Morgan fingerprint density at radius 3 is 2.73 bits per heavy atom. The Kier molecular flexibility index (Phi) is 6.15. The second-order valence-electron chi connectivity index (χ2n) is 6.04. The summed E-state index contributed by atoms with van der Waals surface area (Å²) in [7, 11) is 0. The standard InChI is InChI=1S/C17H26N2O2S/c1-12-4-5-15(16(10-12)22-3)11-18-17(21)19-8-6-14(7-9-19)13(2)20/h4-5,10,13-14,20H,6-9,11H2,1-3H3,(H,18,21). The minimum atomic E-state index is -0.276. The zero-order valence-corrected chi connectivity index (χ0v) is 14.4. The predicted molar refractivity (Wildman–Crippen MR) is 91.2 cm³/mol. The molecule has 5 heteroatoms. The number of thioether (sulfide) groups is 1. The highest BCUT2D eigenvalue weighted by atomic mass is 32.2. The summed E-state index contributed by atoms with van der Waals surface area (Å²) in [6.07, 6.45) is 3.54. The number of benzene rings is 1. The third-order valence-electron chi connectivity index (χ3n) is 4.38. The van der Waals surface area contributed by atoms with Crippen LogP contribution in [0.3, 0.4) is 0 Å².